The van der Waals surface area contributed by atoms with Gasteiger partial charge in [0.1, 0.15) is 11.9 Å². The maximum absolute atomic E-state index is 9.67. The van der Waals surface area contributed by atoms with Crippen molar-refractivity contribution in [2.45, 2.75) is 32.9 Å². The standard InChI is InChI=1S/C12H16N2O/c1-8(2)14-11-7-5-4-6-10(11)13-12(14)9(3)15/h4-9,15H,1-3H3. The van der Waals surface area contributed by atoms with E-state index in [1.54, 1.807) is 6.92 Å². The van der Waals surface area contributed by atoms with Gasteiger partial charge in [0.15, 0.2) is 0 Å². The van der Waals surface area contributed by atoms with E-state index in [0.29, 0.717) is 6.04 Å². The first-order valence-corrected chi connectivity index (χ1v) is 5.26. The van der Waals surface area contributed by atoms with Gasteiger partial charge in [-0.05, 0) is 32.9 Å². The third-order valence-electron chi connectivity index (χ3n) is 2.51. The van der Waals surface area contributed by atoms with Crippen molar-refractivity contribution in [2.24, 2.45) is 0 Å². The normalized spacial score (nSPS) is 13.7. The number of rotatable bonds is 2. The molecule has 0 radical (unpaired) electrons. The van der Waals surface area contributed by atoms with Gasteiger partial charge in [0.2, 0.25) is 0 Å². The lowest BCUT2D eigenvalue weighted by Gasteiger charge is -2.14. The molecule has 1 unspecified atom stereocenters. The Morgan fingerprint density at radius 2 is 1.87 bits per heavy atom. The van der Waals surface area contributed by atoms with E-state index >= 15 is 0 Å². The summed E-state index contributed by atoms with van der Waals surface area (Å²) in [5.74, 6) is 0.742. The van der Waals surface area contributed by atoms with Gasteiger partial charge in [0.25, 0.3) is 0 Å². The number of imidazole rings is 1. The third kappa shape index (κ3) is 1.63. The molecule has 2 aromatic rings. The Labute approximate surface area is 89.4 Å². The van der Waals surface area contributed by atoms with E-state index in [1.807, 2.05) is 24.3 Å². The van der Waals surface area contributed by atoms with Crippen LogP contribution >= 0.6 is 0 Å². The predicted octanol–water partition coefficient (Wildman–Crippen LogP) is 2.67. The molecule has 0 aliphatic rings. The highest BCUT2D eigenvalue weighted by molar-refractivity contribution is 5.76. The summed E-state index contributed by atoms with van der Waals surface area (Å²) in [6.07, 6.45) is -0.528. The molecule has 1 heterocycles. The van der Waals surface area contributed by atoms with Crippen LogP contribution in [-0.4, -0.2) is 14.7 Å². The largest absolute Gasteiger partial charge is 0.385 e. The van der Waals surface area contributed by atoms with Gasteiger partial charge in [-0.25, -0.2) is 4.98 Å². The van der Waals surface area contributed by atoms with Crippen LogP contribution in [0.15, 0.2) is 24.3 Å². The number of fused-ring (bicyclic) bond motifs is 1. The first-order valence-electron chi connectivity index (χ1n) is 5.26. The Bertz CT molecular complexity index is 471. The lowest BCUT2D eigenvalue weighted by molar-refractivity contribution is 0.182. The average molecular weight is 204 g/mol. The second-order valence-corrected chi connectivity index (χ2v) is 4.10. The van der Waals surface area contributed by atoms with Crippen molar-refractivity contribution >= 4 is 11.0 Å². The molecule has 1 aromatic heterocycles. The fraction of sp³-hybridized carbons (Fsp3) is 0.417. The summed E-state index contributed by atoms with van der Waals surface area (Å²) >= 11 is 0. The molecule has 0 amide bonds. The molecule has 0 spiro atoms. The van der Waals surface area contributed by atoms with Crippen LogP contribution in [0.4, 0.5) is 0 Å². The van der Waals surface area contributed by atoms with Gasteiger partial charge in [0.05, 0.1) is 11.0 Å². The van der Waals surface area contributed by atoms with E-state index in [1.165, 1.54) is 0 Å². The van der Waals surface area contributed by atoms with E-state index < -0.39 is 6.10 Å². The van der Waals surface area contributed by atoms with Gasteiger partial charge in [-0.15, -0.1) is 0 Å². The van der Waals surface area contributed by atoms with Crippen LogP contribution in [0, 0.1) is 0 Å². The SMILES string of the molecule is CC(O)c1nc2ccccc2n1C(C)C. The van der Waals surface area contributed by atoms with Crippen molar-refractivity contribution < 1.29 is 5.11 Å². The lowest BCUT2D eigenvalue weighted by Crippen LogP contribution is -2.08. The van der Waals surface area contributed by atoms with Gasteiger partial charge in [-0.2, -0.15) is 0 Å². The monoisotopic (exact) mass is 204 g/mol. The van der Waals surface area contributed by atoms with Crippen molar-refractivity contribution in [2.75, 3.05) is 0 Å². The average Bonchev–Trinajstić information content (AvgIpc) is 2.56. The molecule has 1 atom stereocenters. The first kappa shape index (κ1) is 10.2. The van der Waals surface area contributed by atoms with Crippen molar-refractivity contribution in [3.8, 4) is 0 Å². The van der Waals surface area contributed by atoms with E-state index in [4.69, 9.17) is 0 Å². The number of aliphatic hydroxyl groups excluding tert-OH is 1. The smallest absolute Gasteiger partial charge is 0.138 e. The summed E-state index contributed by atoms with van der Waals surface area (Å²) in [5.41, 5.74) is 2.03. The third-order valence-corrected chi connectivity index (χ3v) is 2.51. The van der Waals surface area contributed by atoms with Gasteiger partial charge in [0, 0.05) is 6.04 Å². The van der Waals surface area contributed by atoms with Crippen molar-refractivity contribution in [3.63, 3.8) is 0 Å². The van der Waals surface area contributed by atoms with Crippen LogP contribution in [0.3, 0.4) is 0 Å². The Morgan fingerprint density at radius 3 is 2.47 bits per heavy atom. The molecule has 0 aliphatic carbocycles. The molecule has 3 heteroatoms. The molecule has 1 N–H and O–H groups in total. The number of benzene rings is 1. The summed E-state index contributed by atoms with van der Waals surface area (Å²) in [5, 5.41) is 9.67. The quantitative estimate of drug-likeness (QED) is 0.816. The predicted molar refractivity (Wildman–Crippen MR) is 60.8 cm³/mol. The van der Waals surface area contributed by atoms with E-state index in [2.05, 4.69) is 23.4 Å². The summed E-state index contributed by atoms with van der Waals surface area (Å²) < 4.78 is 2.08. The number of aliphatic hydroxyl groups is 1. The van der Waals surface area contributed by atoms with Crippen LogP contribution < -0.4 is 0 Å². The second kappa shape index (κ2) is 3.66. The second-order valence-electron chi connectivity index (χ2n) is 4.10. The minimum absolute atomic E-state index is 0.307. The summed E-state index contributed by atoms with van der Waals surface area (Å²) in [4.78, 5) is 4.45. The van der Waals surface area contributed by atoms with Crippen LogP contribution in [0.1, 0.15) is 38.7 Å². The minimum Gasteiger partial charge on any atom is -0.385 e. The summed E-state index contributed by atoms with van der Waals surface area (Å²) in [6, 6.07) is 8.27. The van der Waals surface area contributed by atoms with Gasteiger partial charge in [-0.3, -0.25) is 0 Å². The fourth-order valence-electron chi connectivity index (χ4n) is 1.90. The fourth-order valence-corrected chi connectivity index (χ4v) is 1.90. The highest BCUT2D eigenvalue weighted by atomic mass is 16.3. The Kier molecular flexibility index (Phi) is 2.49. The zero-order valence-electron chi connectivity index (χ0n) is 9.31. The van der Waals surface area contributed by atoms with Crippen molar-refractivity contribution in [1.82, 2.24) is 9.55 Å². The molecule has 0 saturated heterocycles. The van der Waals surface area contributed by atoms with Gasteiger partial charge < -0.3 is 9.67 Å². The maximum atomic E-state index is 9.67. The molecule has 0 aliphatic heterocycles. The molecule has 1 aromatic carbocycles. The topological polar surface area (TPSA) is 38.1 Å². The summed E-state index contributed by atoms with van der Waals surface area (Å²) in [6.45, 7) is 5.94. The van der Waals surface area contributed by atoms with Crippen molar-refractivity contribution in [1.29, 1.82) is 0 Å². The molecule has 2 rings (SSSR count). The number of hydrogen-bond acceptors (Lipinski definition) is 2. The Balaban J connectivity index is 2.75. The van der Waals surface area contributed by atoms with Gasteiger partial charge >= 0.3 is 0 Å². The summed E-state index contributed by atoms with van der Waals surface area (Å²) in [7, 11) is 0. The molecular weight excluding hydrogens is 188 g/mol. The van der Waals surface area contributed by atoms with E-state index in [0.717, 1.165) is 16.9 Å². The van der Waals surface area contributed by atoms with E-state index in [-0.39, 0.29) is 0 Å². The number of hydrogen-bond donors (Lipinski definition) is 1. The Hall–Kier alpha value is -1.35. The first-order chi connectivity index (χ1) is 7.11. The molecule has 15 heavy (non-hydrogen) atoms. The minimum atomic E-state index is -0.528. The van der Waals surface area contributed by atoms with Crippen LogP contribution in [-0.2, 0) is 0 Å². The molecule has 80 valence electrons. The zero-order chi connectivity index (χ0) is 11.0. The number of nitrogens with zero attached hydrogens (tertiary/aromatic N) is 2. The van der Waals surface area contributed by atoms with E-state index in [9.17, 15) is 5.11 Å². The van der Waals surface area contributed by atoms with Crippen LogP contribution in [0.5, 0.6) is 0 Å². The van der Waals surface area contributed by atoms with Crippen LogP contribution in [0.25, 0.3) is 11.0 Å². The lowest BCUT2D eigenvalue weighted by atomic mass is 10.3. The molecule has 0 bridgehead atoms. The molecule has 3 nitrogen and oxygen atoms in total. The Morgan fingerprint density at radius 1 is 1.20 bits per heavy atom. The maximum Gasteiger partial charge on any atom is 0.138 e. The highest BCUT2D eigenvalue weighted by Crippen LogP contribution is 2.24. The molecule has 0 fully saturated rings. The van der Waals surface area contributed by atoms with Gasteiger partial charge in [-0.1, -0.05) is 12.1 Å². The van der Waals surface area contributed by atoms with Crippen LogP contribution in [0.2, 0.25) is 0 Å². The number of aromatic nitrogens is 2. The molecule has 0 saturated carbocycles. The van der Waals surface area contributed by atoms with Crippen molar-refractivity contribution in [3.05, 3.63) is 30.1 Å². The molecular formula is C12H16N2O. The highest BCUT2D eigenvalue weighted by Gasteiger charge is 2.15. The number of para-hydroxylation sites is 2. The zero-order valence-corrected chi connectivity index (χ0v) is 9.31.